The summed E-state index contributed by atoms with van der Waals surface area (Å²) in [5, 5.41) is 4.91. The molecule has 0 radical (unpaired) electrons. The van der Waals surface area contributed by atoms with Crippen LogP contribution in [0.3, 0.4) is 0 Å². The minimum absolute atomic E-state index is 0.125. The molecule has 0 aliphatic carbocycles. The van der Waals surface area contributed by atoms with Gasteiger partial charge in [-0.3, -0.25) is 4.79 Å². The number of carbonyl (C=O) groups is 1. The number of nitrogens with zero attached hydrogens (tertiary/aromatic N) is 2. The molecule has 0 bridgehead atoms. The molecular weight excluding hydrogens is 330 g/mol. The van der Waals surface area contributed by atoms with Crippen molar-refractivity contribution in [3.05, 3.63) is 59.8 Å². The van der Waals surface area contributed by atoms with Gasteiger partial charge in [-0.2, -0.15) is 0 Å². The maximum absolute atomic E-state index is 12.2. The van der Waals surface area contributed by atoms with Crippen LogP contribution in [0.4, 0.5) is 5.82 Å². The van der Waals surface area contributed by atoms with Crippen LogP contribution < -0.4 is 5.32 Å². The van der Waals surface area contributed by atoms with E-state index in [9.17, 15) is 4.79 Å². The molecule has 0 aliphatic rings. The van der Waals surface area contributed by atoms with Crippen molar-refractivity contribution >= 4 is 46.0 Å². The van der Waals surface area contributed by atoms with Crippen LogP contribution in [0, 0.1) is 0 Å². The fourth-order valence-corrected chi connectivity index (χ4v) is 2.96. The molecule has 2 heterocycles. The molecule has 0 fully saturated rings. The number of amides is 1. The van der Waals surface area contributed by atoms with Gasteiger partial charge < -0.3 is 5.32 Å². The average molecular weight is 344 g/mol. The monoisotopic (exact) mass is 343 g/mol. The molecule has 116 valence electrons. The van der Waals surface area contributed by atoms with E-state index in [-0.39, 0.29) is 11.2 Å². The number of nitrogens with one attached hydrogen (secondary N) is 1. The van der Waals surface area contributed by atoms with Gasteiger partial charge in [-0.25, -0.2) is 9.97 Å². The zero-order valence-electron chi connectivity index (χ0n) is 12.4. The lowest BCUT2D eigenvalue weighted by atomic mass is 10.2. The predicted molar refractivity (Wildman–Crippen MR) is 94.9 cm³/mol. The molecule has 1 atom stereocenters. The largest absolute Gasteiger partial charge is 0.310 e. The molecule has 2 aromatic heterocycles. The van der Waals surface area contributed by atoms with Crippen molar-refractivity contribution in [2.45, 2.75) is 17.2 Å². The summed E-state index contributed by atoms with van der Waals surface area (Å²) in [5.41, 5.74) is 0.921. The molecule has 23 heavy (non-hydrogen) atoms. The molecule has 0 unspecified atom stereocenters. The number of hydrogen-bond acceptors (Lipinski definition) is 4. The van der Waals surface area contributed by atoms with E-state index in [1.54, 1.807) is 12.1 Å². The van der Waals surface area contributed by atoms with Crippen LogP contribution in [0.15, 0.2) is 59.8 Å². The van der Waals surface area contributed by atoms with Gasteiger partial charge in [0.05, 0.1) is 20.8 Å². The van der Waals surface area contributed by atoms with Crippen molar-refractivity contribution < 1.29 is 4.79 Å². The summed E-state index contributed by atoms with van der Waals surface area (Å²) in [4.78, 5) is 20.9. The molecule has 4 nitrogen and oxygen atoms in total. The third-order valence-corrected chi connectivity index (χ3v) is 4.48. The van der Waals surface area contributed by atoms with E-state index in [1.807, 2.05) is 43.3 Å². The molecule has 0 saturated carbocycles. The highest BCUT2D eigenvalue weighted by Crippen LogP contribution is 2.24. The summed E-state index contributed by atoms with van der Waals surface area (Å²) < 4.78 is 0. The van der Waals surface area contributed by atoms with E-state index in [0.29, 0.717) is 10.8 Å². The summed E-state index contributed by atoms with van der Waals surface area (Å²) in [7, 11) is 0. The standard InChI is InChI=1S/C17H14ClN3OS/c1-11(17(22)21-15-8-7-13(18)10-19-15)23-16-9-6-12-4-2-3-5-14(12)20-16/h2-11H,1H3,(H,19,21,22)/t11-/m0/s1. The van der Waals surface area contributed by atoms with Gasteiger partial charge in [0.2, 0.25) is 5.91 Å². The second kappa shape index (κ2) is 6.98. The van der Waals surface area contributed by atoms with Gasteiger partial charge in [0.1, 0.15) is 5.82 Å². The lowest BCUT2D eigenvalue weighted by molar-refractivity contribution is -0.115. The molecule has 1 amide bonds. The Kier molecular flexibility index (Phi) is 4.79. The zero-order chi connectivity index (χ0) is 16.2. The Morgan fingerprint density at radius 1 is 1.17 bits per heavy atom. The Hall–Kier alpha value is -2.11. The quantitative estimate of drug-likeness (QED) is 0.713. The Bertz CT molecular complexity index is 839. The van der Waals surface area contributed by atoms with Crippen LogP contribution >= 0.6 is 23.4 Å². The first kappa shape index (κ1) is 15.8. The van der Waals surface area contributed by atoms with Crippen molar-refractivity contribution in [2.24, 2.45) is 0 Å². The molecule has 1 aromatic carbocycles. The van der Waals surface area contributed by atoms with Gasteiger partial charge in [-0.1, -0.05) is 47.6 Å². The maximum atomic E-state index is 12.2. The summed E-state index contributed by atoms with van der Waals surface area (Å²) in [6.07, 6.45) is 1.50. The number of thioether (sulfide) groups is 1. The fraction of sp³-hybridized carbons (Fsp3) is 0.118. The van der Waals surface area contributed by atoms with E-state index in [4.69, 9.17) is 11.6 Å². The van der Waals surface area contributed by atoms with Gasteiger partial charge >= 0.3 is 0 Å². The average Bonchev–Trinajstić information content (AvgIpc) is 2.56. The van der Waals surface area contributed by atoms with E-state index in [2.05, 4.69) is 15.3 Å². The molecule has 6 heteroatoms. The van der Waals surface area contributed by atoms with E-state index in [1.165, 1.54) is 18.0 Å². The van der Waals surface area contributed by atoms with Crippen LogP contribution in [-0.2, 0) is 4.79 Å². The van der Waals surface area contributed by atoms with E-state index in [0.717, 1.165) is 15.9 Å². The number of anilines is 1. The molecule has 1 N–H and O–H groups in total. The number of halogens is 1. The molecular formula is C17H14ClN3OS. The van der Waals surface area contributed by atoms with Crippen LogP contribution in [0.5, 0.6) is 0 Å². The third-order valence-electron chi connectivity index (χ3n) is 3.22. The summed E-state index contributed by atoms with van der Waals surface area (Å²) >= 11 is 7.19. The van der Waals surface area contributed by atoms with Crippen molar-refractivity contribution in [2.75, 3.05) is 5.32 Å². The second-order valence-corrected chi connectivity index (χ2v) is 6.75. The van der Waals surface area contributed by atoms with Crippen LogP contribution in [0.1, 0.15) is 6.92 Å². The Morgan fingerprint density at radius 2 is 2.00 bits per heavy atom. The minimum Gasteiger partial charge on any atom is -0.310 e. The van der Waals surface area contributed by atoms with Crippen LogP contribution in [-0.4, -0.2) is 21.1 Å². The Labute approximate surface area is 143 Å². The molecule has 0 saturated heterocycles. The summed E-state index contributed by atoms with van der Waals surface area (Å²) in [6, 6.07) is 15.2. The zero-order valence-corrected chi connectivity index (χ0v) is 13.9. The lowest BCUT2D eigenvalue weighted by Crippen LogP contribution is -2.23. The van der Waals surface area contributed by atoms with Crippen molar-refractivity contribution in [3.8, 4) is 0 Å². The first-order valence-electron chi connectivity index (χ1n) is 7.07. The van der Waals surface area contributed by atoms with Gasteiger partial charge in [0, 0.05) is 11.6 Å². The highest BCUT2D eigenvalue weighted by Gasteiger charge is 2.16. The van der Waals surface area contributed by atoms with Gasteiger partial charge in [0.15, 0.2) is 0 Å². The minimum atomic E-state index is -0.291. The lowest BCUT2D eigenvalue weighted by Gasteiger charge is -2.11. The summed E-state index contributed by atoms with van der Waals surface area (Å²) in [6.45, 7) is 1.84. The van der Waals surface area contributed by atoms with Gasteiger partial charge in [0.25, 0.3) is 0 Å². The smallest absolute Gasteiger partial charge is 0.238 e. The molecule has 0 spiro atoms. The van der Waals surface area contributed by atoms with Crippen molar-refractivity contribution in [1.29, 1.82) is 0 Å². The van der Waals surface area contributed by atoms with Crippen molar-refractivity contribution in [1.82, 2.24) is 9.97 Å². The highest BCUT2D eigenvalue weighted by molar-refractivity contribution is 8.00. The van der Waals surface area contributed by atoms with E-state index < -0.39 is 0 Å². The highest BCUT2D eigenvalue weighted by atomic mass is 35.5. The topological polar surface area (TPSA) is 54.9 Å². The van der Waals surface area contributed by atoms with Crippen molar-refractivity contribution in [3.63, 3.8) is 0 Å². The maximum Gasteiger partial charge on any atom is 0.238 e. The van der Waals surface area contributed by atoms with Gasteiger partial charge in [-0.05, 0) is 31.2 Å². The second-order valence-electron chi connectivity index (χ2n) is 4.95. The number of carbonyl (C=O) groups excluding carboxylic acids is 1. The van der Waals surface area contributed by atoms with E-state index >= 15 is 0 Å². The Morgan fingerprint density at radius 3 is 2.78 bits per heavy atom. The number of fused-ring (bicyclic) bond motifs is 1. The van der Waals surface area contributed by atoms with Gasteiger partial charge in [-0.15, -0.1) is 0 Å². The third kappa shape index (κ3) is 4.00. The first-order chi connectivity index (χ1) is 11.1. The number of pyridine rings is 2. The number of hydrogen-bond donors (Lipinski definition) is 1. The molecule has 3 aromatic rings. The number of rotatable bonds is 4. The number of aromatic nitrogens is 2. The molecule has 3 rings (SSSR count). The number of para-hydroxylation sites is 1. The fourth-order valence-electron chi connectivity index (χ4n) is 2.03. The normalized spacial score (nSPS) is 12.1. The van der Waals surface area contributed by atoms with Crippen LogP contribution in [0.2, 0.25) is 5.02 Å². The van der Waals surface area contributed by atoms with Crippen LogP contribution in [0.25, 0.3) is 10.9 Å². The predicted octanol–water partition coefficient (Wildman–Crippen LogP) is 4.40. The first-order valence-corrected chi connectivity index (χ1v) is 8.32. The molecule has 0 aliphatic heterocycles. The Balaban J connectivity index is 1.68. The SMILES string of the molecule is C[C@H](Sc1ccc2ccccc2n1)C(=O)Nc1ccc(Cl)cn1. The number of benzene rings is 1. The summed E-state index contributed by atoms with van der Waals surface area (Å²) in [5.74, 6) is 0.359.